The largest absolute Gasteiger partial charge is 0.216 e. The molecule has 0 aliphatic heterocycles. The van der Waals surface area contributed by atoms with E-state index in [0.717, 1.165) is 16.3 Å². The topological polar surface area (TPSA) is 46.2 Å². The van der Waals surface area contributed by atoms with Crippen LogP contribution in [0.25, 0.3) is 10.8 Å². The molecule has 118 valence electrons. The van der Waals surface area contributed by atoms with Crippen LogP contribution in [0.3, 0.4) is 0 Å². The minimum Gasteiger partial charge on any atom is -0.212 e. The Morgan fingerprint density at radius 2 is 1.48 bits per heavy atom. The van der Waals surface area contributed by atoms with Crippen molar-refractivity contribution >= 4 is 20.8 Å². The molecule has 1 N–H and O–H groups in total. The third-order valence-electron chi connectivity index (χ3n) is 3.58. The number of halogens is 1. The molecule has 3 rings (SSSR count). The van der Waals surface area contributed by atoms with E-state index in [2.05, 4.69) is 4.72 Å². The Balaban J connectivity index is 1.69. The van der Waals surface area contributed by atoms with Crippen LogP contribution in [0, 0.1) is 5.82 Å². The quantitative estimate of drug-likeness (QED) is 0.777. The van der Waals surface area contributed by atoms with E-state index in [4.69, 9.17) is 0 Å². The summed E-state index contributed by atoms with van der Waals surface area (Å²) >= 11 is 0. The summed E-state index contributed by atoms with van der Waals surface area (Å²) < 4.78 is 39.7. The lowest BCUT2D eigenvalue weighted by molar-refractivity contribution is 0.580. The van der Waals surface area contributed by atoms with Crippen molar-refractivity contribution in [3.05, 3.63) is 83.7 Å². The number of hydrogen-bond acceptors (Lipinski definition) is 2. The monoisotopic (exact) mass is 329 g/mol. The molecule has 3 aromatic rings. The molecule has 5 heteroatoms. The van der Waals surface area contributed by atoms with Gasteiger partial charge in [-0.3, -0.25) is 0 Å². The summed E-state index contributed by atoms with van der Waals surface area (Å²) in [7, 11) is -3.47. The maximum Gasteiger partial charge on any atom is 0.216 e. The molecule has 23 heavy (non-hydrogen) atoms. The van der Waals surface area contributed by atoms with E-state index in [1.54, 1.807) is 0 Å². The van der Waals surface area contributed by atoms with Crippen LogP contribution in [0.15, 0.2) is 66.7 Å². The van der Waals surface area contributed by atoms with E-state index in [-0.39, 0.29) is 18.1 Å². The maximum atomic E-state index is 12.9. The standard InChI is InChI=1S/C18H16FNO2S/c19-18-9-6-14(7-10-18)13-23(21,22)20-12-15-5-8-16-3-1-2-4-17(16)11-15/h1-11,20H,12-13H2. The van der Waals surface area contributed by atoms with Gasteiger partial charge < -0.3 is 0 Å². The minimum absolute atomic E-state index is 0.166. The third kappa shape index (κ3) is 4.15. The van der Waals surface area contributed by atoms with Crippen LogP contribution in [0.1, 0.15) is 11.1 Å². The Labute approximate surface area is 134 Å². The third-order valence-corrected chi connectivity index (χ3v) is 4.88. The van der Waals surface area contributed by atoms with Gasteiger partial charge in [0.15, 0.2) is 0 Å². The SMILES string of the molecule is O=S(=O)(Cc1ccc(F)cc1)NCc1ccc2ccccc2c1. The molecular weight excluding hydrogens is 313 g/mol. The summed E-state index contributed by atoms with van der Waals surface area (Å²) in [5.41, 5.74) is 1.45. The van der Waals surface area contributed by atoms with Gasteiger partial charge in [0.1, 0.15) is 5.82 Å². The summed E-state index contributed by atoms with van der Waals surface area (Å²) in [6, 6.07) is 19.2. The lowest BCUT2D eigenvalue weighted by atomic mass is 10.1. The van der Waals surface area contributed by atoms with Crippen molar-refractivity contribution in [2.75, 3.05) is 0 Å². The second-order valence-electron chi connectivity index (χ2n) is 5.39. The Kier molecular flexibility index (Phi) is 4.41. The lowest BCUT2D eigenvalue weighted by Gasteiger charge is -2.08. The molecule has 3 aromatic carbocycles. The molecule has 0 radical (unpaired) electrons. The van der Waals surface area contributed by atoms with Gasteiger partial charge in [0.2, 0.25) is 10.0 Å². The van der Waals surface area contributed by atoms with E-state index >= 15 is 0 Å². The molecule has 0 spiro atoms. The first-order chi connectivity index (χ1) is 11.0. The van der Waals surface area contributed by atoms with Crippen LogP contribution in [0.2, 0.25) is 0 Å². The molecule has 0 aromatic heterocycles. The molecule has 0 heterocycles. The van der Waals surface area contributed by atoms with Gasteiger partial charge in [-0.15, -0.1) is 0 Å². The number of rotatable bonds is 5. The predicted octanol–water partition coefficient (Wildman–Crippen LogP) is 3.60. The van der Waals surface area contributed by atoms with Crippen molar-refractivity contribution < 1.29 is 12.8 Å². The van der Waals surface area contributed by atoms with Crippen molar-refractivity contribution in [1.29, 1.82) is 0 Å². The highest BCUT2D eigenvalue weighted by atomic mass is 32.2. The fraction of sp³-hybridized carbons (Fsp3) is 0.111. The van der Waals surface area contributed by atoms with Gasteiger partial charge in [0, 0.05) is 6.54 Å². The molecule has 0 unspecified atom stereocenters. The molecular formula is C18H16FNO2S. The van der Waals surface area contributed by atoms with E-state index in [9.17, 15) is 12.8 Å². The van der Waals surface area contributed by atoms with Gasteiger partial charge >= 0.3 is 0 Å². The van der Waals surface area contributed by atoms with Crippen molar-refractivity contribution in [3.8, 4) is 0 Å². The molecule has 3 nitrogen and oxygen atoms in total. The van der Waals surface area contributed by atoms with Crippen LogP contribution in [0.5, 0.6) is 0 Å². The first-order valence-corrected chi connectivity index (χ1v) is 8.86. The van der Waals surface area contributed by atoms with E-state index in [1.165, 1.54) is 24.3 Å². The van der Waals surface area contributed by atoms with Crippen molar-refractivity contribution in [2.45, 2.75) is 12.3 Å². The maximum absolute atomic E-state index is 12.9. The van der Waals surface area contributed by atoms with Crippen molar-refractivity contribution in [1.82, 2.24) is 4.72 Å². The zero-order chi connectivity index (χ0) is 16.3. The predicted molar refractivity (Wildman–Crippen MR) is 89.8 cm³/mol. The Morgan fingerprint density at radius 1 is 0.826 bits per heavy atom. The van der Waals surface area contributed by atoms with E-state index in [1.807, 2.05) is 42.5 Å². The highest BCUT2D eigenvalue weighted by molar-refractivity contribution is 7.88. The molecule has 0 amide bonds. The summed E-state index contributed by atoms with van der Waals surface area (Å²) in [5, 5.41) is 2.19. The minimum atomic E-state index is -3.47. The molecule has 0 aliphatic carbocycles. The van der Waals surface area contributed by atoms with Crippen LogP contribution in [0.4, 0.5) is 4.39 Å². The van der Waals surface area contributed by atoms with Crippen LogP contribution in [-0.2, 0) is 22.3 Å². The number of hydrogen-bond donors (Lipinski definition) is 1. The summed E-state index contributed by atoms with van der Waals surface area (Å²) in [4.78, 5) is 0. The summed E-state index contributed by atoms with van der Waals surface area (Å²) in [6.07, 6.45) is 0. The van der Waals surface area contributed by atoms with Gasteiger partial charge in [0.05, 0.1) is 5.75 Å². The number of sulfonamides is 1. The smallest absolute Gasteiger partial charge is 0.212 e. The van der Waals surface area contributed by atoms with Gasteiger partial charge in [0.25, 0.3) is 0 Å². The zero-order valence-corrected chi connectivity index (χ0v) is 13.2. The van der Waals surface area contributed by atoms with Gasteiger partial charge in [-0.25, -0.2) is 17.5 Å². The molecule has 0 saturated carbocycles. The van der Waals surface area contributed by atoms with Gasteiger partial charge in [-0.1, -0.05) is 48.5 Å². The second-order valence-corrected chi connectivity index (χ2v) is 7.20. The molecule has 0 bridgehead atoms. The number of benzene rings is 3. The van der Waals surface area contributed by atoms with Gasteiger partial charge in [-0.05, 0) is 40.1 Å². The normalized spacial score (nSPS) is 11.7. The van der Waals surface area contributed by atoms with E-state index < -0.39 is 10.0 Å². The van der Waals surface area contributed by atoms with Gasteiger partial charge in [-0.2, -0.15) is 0 Å². The Bertz CT molecular complexity index is 921. The lowest BCUT2D eigenvalue weighted by Crippen LogP contribution is -2.24. The van der Waals surface area contributed by atoms with Crippen LogP contribution < -0.4 is 4.72 Å². The molecule has 0 fully saturated rings. The van der Waals surface area contributed by atoms with Crippen molar-refractivity contribution in [2.24, 2.45) is 0 Å². The summed E-state index contributed by atoms with van der Waals surface area (Å²) in [6.45, 7) is 0.231. The average Bonchev–Trinajstić information content (AvgIpc) is 2.55. The number of nitrogens with one attached hydrogen (secondary N) is 1. The molecule has 0 aliphatic rings. The Morgan fingerprint density at radius 3 is 2.22 bits per heavy atom. The fourth-order valence-electron chi connectivity index (χ4n) is 2.39. The summed E-state index contributed by atoms with van der Waals surface area (Å²) in [5.74, 6) is -0.545. The van der Waals surface area contributed by atoms with Crippen LogP contribution >= 0.6 is 0 Å². The van der Waals surface area contributed by atoms with E-state index in [0.29, 0.717) is 5.56 Å². The van der Waals surface area contributed by atoms with Crippen molar-refractivity contribution in [3.63, 3.8) is 0 Å². The second kappa shape index (κ2) is 6.48. The highest BCUT2D eigenvalue weighted by Gasteiger charge is 2.11. The first kappa shape index (κ1) is 15.6. The first-order valence-electron chi connectivity index (χ1n) is 7.21. The number of fused-ring (bicyclic) bond motifs is 1. The highest BCUT2D eigenvalue weighted by Crippen LogP contribution is 2.16. The average molecular weight is 329 g/mol. The van der Waals surface area contributed by atoms with Crippen LogP contribution in [-0.4, -0.2) is 8.42 Å². The molecule has 0 saturated heterocycles. The Hall–Kier alpha value is -2.24. The fourth-order valence-corrected chi connectivity index (χ4v) is 3.51. The molecule has 0 atom stereocenters. The zero-order valence-electron chi connectivity index (χ0n) is 12.4.